The van der Waals surface area contributed by atoms with Crippen molar-refractivity contribution < 1.29 is 31.9 Å². The van der Waals surface area contributed by atoms with E-state index in [4.69, 9.17) is 9.15 Å². The van der Waals surface area contributed by atoms with Gasteiger partial charge >= 0.3 is 5.97 Å². The monoisotopic (exact) mass is 450 g/mol. The quantitative estimate of drug-likeness (QED) is 0.608. The Morgan fingerprint density at radius 3 is 2.48 bits per heavy atom. The van der Waals surface area contributed by atoms with Crippen molar-refractivity contribution >= 4 is 21.9 Å². The zero-order chi connectivity index (χ0) is 22.4. The number of morpholine rings is 1. The number of nitrogens with one attached hydrogen (secondary N) is 1. The second kappa shape index (κ2) is 10.1. The van der Waals surface area contributed by atoms with Crippen LogP contribution in [0, 0.1) is 6.92 Å². The van der Waals surface area contributed by atoms with Gasteiger partial charge in [0.05, 0.1) is 31.8 Å². The van der Waals surface area contributed by atoms with Gasteiger partial charge in [-0.2, -0.15) is 4.31 Å². The van der Waals surface area contributed by atoms with Crippen molar-refractivity contribution in [1.82, 2.24) is 9.62 Å². The van der Waals surface area contributed by atoms with E-state index in [1.807, 2.05) is 0 Å². The lowest BCUT2D eigenvalue weighted by atomic mass is 10.1. The molecular weight excluding hydrogens is 424 g/mol. The van der Waals surface area contributed by atoms with Crippen molar-refractivity contribution in [3.8, 4) is 0 Å². The van der Waals surface area contributed by atoms with E-state index >= 15 is 0 Å². The van der Waals surface area contributed by atoms with Gasteiger partial charge in [-0.25, -0.2) is 13.2 Å². The number of carbonyl (C=O) groups excluding carboxylic acids is 2. The molecule has 0 atom stereocenters. The number of hydrogen-bond donors (Lipinski definition) is 1. The maximum atomic E-state index is 12.6. The van der Waals surface area contributed by atoms with E-state index < -0.39 is 16.0 Å². The van der Waals surface area contributed by atoms with Gasteiger partial charge in [-0.05, 0) is 37.1 Å². The first kappa shape index (κ1) is 23.0. The van der Waals surface area contributed by atoms with Crippen LogP contribution >= 0.6 is 0 Å². The largest absolute Gasteiger partial charge is 0.465 e. The summed E-state index contributed by atoms with van der Waals surface area (Å²) in [4.78, 5) is 24.0. The number of amides is 1. The van der Waals surface area contributed by atoms with Gasteiger partial charge in [0, 0.05) is 19.5 Å². The van der Waals surface area contributed by atoms with Gasteiger partial charge in [0.15, 0.2) is 0 Å². The maximum absolute atomic E-state index is 12.6. The summed E-state index contributed by atoms with van der Waals surface area (Å²) >= 11 is 0. The Hall–Kier alpha value is -2.69. The van der Waals surface area contributed by atoms with Gasteiger partial charge in [-0.3, -0.25) is 4.79 Å². The highest BCUT2D eigenvalue weighted by atomic mass is 32.2. The van der Waals surface area contributed by atoms with Crippen LogP contribution in [-0.2, 0) is 37.3 Å². The fourth-order valence-electron chi connectivity index (χ4n) is 3.24. The third-order valence-corrected chi connectivity index (χ3v) is 6.92. The lowest BCUT2D eigenvalue weighted by Gasteiger charge is -2.26. The highest BCUT2D eigenvalue weighted by Crippen LogP contribution is 2.18. The third kappa shape index (κ3) is 5.72. The summed E-state index contributed by atoms with van der Waals surface area (Å²) in [7, 11) is -2.24. The number of sulfonamides is 1. The summed E-state index contributed by atoms with van der Waals surface area (Å²) in [5, 5.41) is 2.75. The molecule has 1 amide bonds. The first-order chi connectivity index (χ1) is 14.8. The van der Waals surface area contributed by atoms with Crippen LogP contribution in [0.2, 0.25) is 0 Å². The lowest BCUT2D eigenvalue weighted by Crippen LogP contribution is -2.40. The molecule has 2 heterocycles. The lowest BCUT2D eigenvalue weighted by molar-refractivity contribution is -0.121. The molecule has 31 heavy (non-hydrogen) atoms. The number of rotatable bonds is 8. The molecular formula is C21H26N2O7S. The Bertz CT molecular complexity index is 1020. The molecule has 168 valence electrons. The van der Waals surface area contributed by atoms with Gasteiger partial charge in [0.25, 0.3) is 0 Å². The molecule has 0 radical (unpaired) electrons. The highest BCUT2D eigenvalue weighted by Gasteiger charge is 2.26. The number of methoxy groups -OCH3 is 1. The van der Waals surface area contributed by atoms with Crippen LogP contribution in [0.4, 0.5) is 0 Å². The van der Waals surface area contributed by atoms with Crippen LogP contribution in [0.5, 0.6) is 0 Å². The summed E-state index contributed by atoms with van der Waals surface area (Å²) < 4.78 is 42.0. The van der Waals surface area contributed by atoms with Crippen molar-refractivity contribution in [1.29, 1.82) is 0 Å². The molecule has 10 heteroatoms. The minimum atomic E-state index is -3.53. The molecule has 1 aliphatic heterocycles. The smallest absolute Gasteiger partial charge is 0.341 e. The van der Waals surface area contributed by atoms with Crippen molar-refractivity contribution in [3.63, 3.8) is 0 Å². The molecule has 1 N–H and O–H groups in total. The van der Waals surface area contributed by atoms with Crippen molar-refractivity contribution in [3.05, 3.63) is 53.0 Å². The van der Waals surface area contributed by atoms with Gasteiger partial charge in [-0.1, -0.05) is 12.1 Å². The second-order valence-electron chi connectivity index (χ2n) is 7.11. The molecule has 1 aliphatic rings. The highest BCUT2D eigenvalue weighted by molar-refractivity contribution is 7.89. The summed E-state index contributed by atoms with van der Waals surface area (Å²) in [5.74, 6) is 0.226. The number of aryl methyl sites for hydroxylation is 2. The van der Waals surface area contributed by atoms with Gasteiger partial charge < -0.3 is 19.2 Å². The number of benzene rings is 1. The summed E-state index contributed by atoms with van der Waals surface area (Å²) in [6.45, 7) is 3.30. The average Bonchev–Trinajstić information content (AvgIpc) is 3.17. The van der Waals surface area contributed by atoms with Gasteiger partial charge in [-0.15, -0.1) is 0 Å². The molecule has 1 fully saturated rings. The van der Waals surface area contributed by atoms with E-state index in [9.17, 15) is 18.0 Å². The molecule has 0 bridgehead atoms. The van der Waals surface area contributed by atoms with Crippen LogP contribution in [-0.4, -0.2) is 58.0 Å². The van der Waals surface area contributed by atoms with Crippen molar-refractivity contribution in [2.45, 2.75) is 31.2 Å². The molecule has 0 aliphatic carbocycles. The Labute approximate surface area is 181 Å². The number of hydrogen-bond acceptors (Lipinski definition) is 7. The van der Waals surface area contributed by atoms with E-state index in [0.29, 0.717) is 49.8 Å². The number of nitrogens with zero attached hydrogens (tertiary/aromatic N) is 1. The van der Waals surface area contributed by atoms with E-state index in [-0.39, 0.29) is 23.8 Å². The Morgan fingerprint density at radius 2 is 1.84 bits per heavy atom. The minimum absolute atomic E-state index is 0.160. The first-order valence-corrected chi connectivity index (χ1v) is 11.4. The standard InChI is InChI=1S/C21H26N2O7S/c1-15-19(21(25)28-2)13-17(30-15)14-22-20(24)8-5-16-3-6-18(7-4-16)31(26,27)23-9-11-29-12-10-23/h3-4,6-7,13H,5,8-12,14H2,1-2H3,(H,22,24). The molecule has 3 rings (SSSR count). The third-order valence-electron chi connectivity index (χ3n) is 5.01. The van der Waals surface area contributed by atoms with E-state index in [2.05, 4.69) is 10.1 Å². The SMILES string of the molecule is COC(=O)c1cc(CNC(=O)CCc2ccc(S(=O)(=O)N3CCOCC3)cc2)oc1C. The number of carbonyl (C=O) groups is 2. The molecule has 0 unspecified atom stereocenters. The minimum Gasteiger partial charge on any atom is -0.465 e. The van der Waals surface area contributed by atoms with Crippen LogP contribution in [0.25, 0.3) is 0 Å². The number of ether oxygens (including phenoxy) is 2. The molecule has 9 nitrogen and oxygen atoms in total. The van der Waals surface area contributed by atoms with Gasteiger partial charge in [0.2, 0.25) is 15.9 Å². The van der Waals surface area contributed by atoms with Crippen LogP contribution in [0.3, 0.4) is 0 Å². The fourth-order valence-corrected chi connectivity index (χ4v) is 4.65. The Kier molecular flexibility index (Phi) is 7.47. The normalized spacial score (nSPS) is 14.9. The average molecular weight is 451 g/mol. The van der Waals surface area contributed by atoms with E-state index in [1.165, 1.54) is 11.4 Å². The molecule has 2 aromatic rings. The maximum Gasteiger partial charge on any atom is 0.341 e. The van der Waals surface area contributed by atoms with E-state index in [0.717, 1.165) is 5.56 Å². The Morgan fingerprint density at radius 1 is 1.16 bits per heavy atom. The molecule has 1 saturated heterocycles. The predicted molar refractivity (Wildman–Crippen MR) is 111 cm³/mol. The molecule has 1 aromatic carbocycles. The van der Waals surface area contributed by atoms with Crippen molar-refractivity contribution in [2.75, 3.05) is 33.4 Å². The topological polar surface area (TPSA) is 115 Å². The summed E-state index contributed by atoms with van der Waals surface area (Å²) in [6, 6.07) is 8.13. The van der Waals surface area contributed by atoms with E-state index in [1.54, 1.807) is 37.3 Å². The molecule has 0 spiro atoms. The first-order valence-electron chi connectivity index (χ1n) is 9.92. The van der Waals surface area contributed by atoms with Crippen LogP contribution in [0.15, 0.2) is 39.6 Å². The van der Waals surface area contributed by atoms with Crippen LogP contribution in [0.1, 0.15) is 33.9 Å². The fraction of sp³-hybridized carbons (Fsp3) is 0.429. The second-order valence-corrected chi connectivity index (χ2v) is 9.05. The zero-order valence-corrected chi connectivity index (χ0v) is 18.4. The summed E-state index contributed by atoms with van der Waals surface area (Å²) in [5.41, 5.74) is 1.19. The van der Waals surface area contributed by atoms with Crippen molar-refractivity contribution in [2.24, 2.45) is 0 Å². The molecule has 1 aromatic heterocycles. The zero-order valence-electron chi connectivity index (χ0n) is 17.5. The van der Waals surface area contributed by atoms with Crippen LogP contribution < -0.4 is 5.32 Å². The summed E-state index contributed by atoms with van der Waals surface area (Å²) in [6.07, 6.45) is 0.702. The molecule has 0 saturated carbocycles. The number of furan rings is 1. The predicted octanol–water partition coefficient (Wildman–Crippen LogP) is 1.64. The van der Waals surface area contributed by atoms with Gasteiger partial charge in [0.1, 0.15) is 17.1 Å². The Balaban J connectivity index is 1.50. The number of esters is 1.